The minimum atomic E-state index is -0.206. The Bertz CT molecular complexity index is 1140. The van der Waals surface area contributed by atoms with E-state index in [1.54, 1.807) is 23.2 Å². The Morgan fingerprint density at radius 2 is 1.84 bits per heavy atom. The number of piperidine rings is 1. The number of nitrogens with zero attached hydrogens (tertiary/aromatic N) is 5. The quantitative estimate of drug-likeness (QED) is 0.496. The lowest BCUT2D eigenvalue weighted by molar-refractivity contribution is -0.146. The number of methoxy groups -OCH3 is 1. The molecule has 32 heavy (non-hydrogen) atoms. The molecule has 1 saturated heterocycles. The van der Waals surface area contributed by atoms with Gasteiger partial charge in [-0.1, -0.05) is 0 Å². The molecular formula is C21H24N8O3. The minimum Gasteiger partial charge on any atom is -0.469 e. The van der Waals surface area contributed by atoms with Gasteiger partial charge in [-0.15, -0.1) is 0 Å². The van der Waals surface area contributed by atoms with Crippen LogP contribution in [0.5, 0.6) is 0 Å². The first-order valence-corrected chi connectivity index (χ1v) is 10.2. The van der Waals surface area contributed by atoms with Gasteiger partial charge >= 0.3 is 5.97 Å². The molecule has 0 radical (unpaired) electrons. The van der Waals surface area contributed by atoms with Crippen molar-refractivity contribution in [1.29, 1.82) is 0 Å². The number of ether oxygens (including phenoxy) is 1. The Balaban J connectivity index is 1.35. The number of hydrogen-bond donors (Lipinski definition) is 3. The topological polar surface area (TPSA) is 162 Å². The molecule has 2 aromatic heterocycles. The summed E-state index contributed by atoms with van der Waals surface area (Å²) in [4.78, 5) is 42.8. The van der Waals surface area contributed by atoms with Crippen LogP contribution in [0.2, 0.25) is 0 Å². The largest absolute Gasteiger partial charge is 0.469 e. The Hall–Kier alpha value is -4.02. The third kappa shape index (κ3) is 4.51. The highest BCUT2D eigenvalue weighted by molar-refractivity contribution is 5.94. The second-order valence-electron chi connectivity index (χ2n) is 7.52. The number of likely N-dealkylation sites (tertiary alicyclic amines) is 1. The first kappa shape index (κ1) is 21.2. The van der Waals surface area contributed by atoms with E-state index in [1.807, 2.05) is 12.1 Å². The molecule has 0 atom stereocenters. The molecule has 3 heterocycles. The molecule has 3 aromatic rings. The van der Waals surface area contributed by atoms with Crippen molar-refractivity contribution in [2.24, 2.45) is 5.92 Å². The number of carbonyl (C=O) groups excluding carboxylic acids is 2. The van der Waals surface area contributed by atoms with Crippen LogP contribution in [0.4, 0.5) is 17.5 Å². The minimum absolute atomic E-state index is 0.0463. The molecule has 1 aromatic carbocycles. The van der Waals surface area contributed by atoms with Gasteiger partial charge in [0.25, 0.3) is 5.91 Å². The smallest absolute Gasteiger partial charge is 0.308 e. The van der Waals surface area contributed by atoms with Gasteiger partial charge in [0.1, 0.15) is 0 Å². The van der Waals surface area contributed by atoms with Crippen LogP contribution in [0.25, 0.3) is 11.2 Å². The zero-order chi connectivity index (χ0) is 22.7. The van der Waals surface area contributed by atoms with Gasteiger partial charge < -0.3 is 26.4 Å². The van der Waals surface area contributed by atoms with Gasteiger partial charge in [0, 0.05) is 24.3 Å². The van der Waals surface area contributed by atoms with Gasteiger partial charge in [-0.2, -0.15) is 9.97 Å². The van der Waals surface area contributed by atoms with Gasteiger partial charge in [0.2, 0.25) is 5.95 Å². The summed E-state index contributed by atoms with van der Waals surface area (Å²) in [6, 6.07) is 7.22. The number of aromatic nitrogens is 4. The highest BCUT2D eigenvalue weighted by Gasteiger charge is 2.28. The third-order valence-electron chi connectivity index (χ3n) is 5.42. The van der Waals surface area contributed by atoms with Crippen LogP contribution in [-0.4, -0.2) is 56.9 Å². The van der Waals surface area contributed by atoms with E-state index >= 15 is 0 Å². The summed E-state index contributed by atoms with van der Waals surface area (Å²) in [7, 11) is 1.39. The number of anilines is 3. The highest BCUT2D eigenvalue weighted by Crippen LogP contribution is 2.21. The molecule has 4 rings (SSSR count). The lowest BCUT2D eigenvalue weighted by Crippen LogP contribution is -2.40. The number of hydrogen-bond acceptors (Lipinski definition) is 10. The molecule has 1 amide bonds. The number of esters is 1. The summed E-state index contributed by atoms with van der Waals surface area (Å²) >= 11 is 0. The first-order chi connectivity index (χ1) is 15.4. The fourth-order valence-electron chi connectivity index (χ4n) is 3.66. The fraction of sp³-hybridized carbons (Fsp3) is 0.333. The SMILES string of the molecule is COC(=O)C1CCN(C(=O)c2ccc(NCc3cnc4nc(N)nc(N)c4n3)cc2)CC1. The zero-order valence-electron chi connectivity index (χ0n) is 17.6. The van der Waals surface area contributed by atoms with E-state index in [1.165, 1.54) is 7.11 Å². The summed E-state index contributed by atoms with van der Waals surface area (Å²) in [6.07, 6.45) is 2.83. The molecule has 0 spiro atoms. The predicted molar refractivity (Wildman–Crippen MR) is 118 cm³/mol. The summed E-state index contributed by atoms with van der Waals surface area (Å²) < 4.78 is 4.79. The van der Waals surface area contributed by atoms with E-state index in [0.717, 1.165) is 5.69 Å². The number of amides is 1. The Morgan fingerprint density at radius 3 is 2.53 bits per heavy atom. The van der Waals surface area contributed by atoms with E-state index in [9.17, 15) is 9.59 Å². The van der Waals surface area contributed by atoms with Crippen LogP contribution in [0.1, 0.15) is 28.9 Å². The van der Waals surface area contributed by atoms with Crippen LogP contribution < -0.4 is 16.8 Å². The predicted octanol–water partition coefficient (Wildman–Crippen LogP) is 1.22. The van der Waals surface area contributed by atoms with Gasteiger partial charge in [0.05, 0.1) is 31.5 Å². The Morgan fingerprint density at radius 1 is 1.12 bits per heavy atom. The molecule has 0 saturated carbocycles. The van der Waals surface area contributed by atoms with Crippen LogP contribution in [0.15, 0.2) is 30.5 Å². The van der Waals surface area contributed by atoms with Gasteiger partial charge in [-0.05, 0) is 37.1 Å². The molecule has 5 N–H and O–H groups in total. The normalized spacial score (nSPS) is 14.3. The Kier molecular flexibility index (Phi) is 5.97. The average Bonchev–Trinajstić information content (AvgIpc) is 2.82. The van der Waals surface area contributed by atoms with E-state index in [0.29, 0.717) is 54.9 Å². The number of carbonyl (C=O) groups is 2. The van der Waals surface area contributed by atoms with E-state index in [2.05, 4.69) is 25.3 Å². The number of nitrogens with one attached hydrogen (secondary N) is 1. The maximum absolute atomic E-state index is 12.8. The molecule has 1 aliphatic heterocycles. The summed E-state index contributed by atoms with van der Waals surface area (Å²) in [5, 5.41) is 3.24. The maximum atomic E-state index is 12.8. The molecular weight excluding hydrogens is 412 g/mol. The van der Waals surface area contributed by atoms with Crippen molar-refractivity contribution in [3.63, 3.8) is 0 Å². The number of fused-ring (bicyclic) bond motifs is 1. The number of rotatable bonds is 5. The third-order valence-corrected chi connectivity index (χ3v) is 5.42. The monoisotopic (exact) mass is 436 g/mol. The van der Waals surface area contributed by atoms with Crippen molar-refractivity contribution < 1.29 is 14.3 Å². The molecule has 0 aliphatic carbocycles. The second kappa shape index (κ2) is 9.00. The molecule has 1 fully saturated rings. The molecule has 0 unspecified atom stereocenters. The van der Waals surface area contributed by atoms with Crippen molar-refractivity contribution in [3.8, 4) is 0 Å². The van der Waals surface area contributed by atoms with Crippen LogP contribution in [0.3, 0.4) is 0 Å². The van der Waals surface area contributed by atoms with Gasteiger partial charge in [0.15, 0.2) is 17.0 Å². The molecule has 11 nitrogen and oxygen atoms in total. The van der Waals surface area contributed by atoms with Gasteiger partial charge in [-0.3, -0.25) is 9.59 Å². The van der Waals surface area contributed by atoms with Crippen molar-refractivity contribution in [2.75, 3.05) is 37.0 Å². The Labute approximate surface area is 184 Å². The first-order valence-electron chi connectivity index (χ1n) is 10.2. The maximum Gasteiger partial charge on any atom is 0.308 e. The van der Waals surface area contributed by atoms with E-state index in [-0.39, 0.29) is 29.6 Å². The molecule has 0 bridgehead atoms. The zero-order valence-corrected chi connectivity index (χ0v) is 17.6. The van der Waals surface area contributed by atoms with Crippen molar-refractivity contribution in [3.05, 3.63) is 41.7 Å². The average molecular weight is 436 g/mol. The standard InChI is InChI=1S/C21H24N8O3/c1-32-20(31)13-6-8-29(9-7-13)19(30)12-2-4-14(5-3-12)24-10-15-11-25-18-16(26-15)17(22)27-21(23)28-18/h2-5,11,13,24H,6-10H2,1H3,(H4,22,23,25,27,28). The molecule has 1 aliphatic rings. The van der Waals surface area contributed by atoms with E-state index < -0.39 is 0 Å². The second-order valence-corrected chi connectivity index (χ2v) is 7.52. The number of nitrogen functional groups attached to an aromatic ring is 2. The summed E-state index contributed by atoms with van der Waals surface area (Å²) in [5.41, 5.74) is 14.3. The summed E-state index contributed by atoms with van der Waals surface area (Å²) in [6.45, 7) is 1.48. The van der Waals surface area contributed by atoms with Gasteiger partial charge in [-0.25, -0.2) is 9.97 Å². The lowest BCUT2D eigenvalue weighted by Gasteiger charge is -2.30. The van der Waals surface area contributed by atoms with Crippen molar-refractivity contribution in [2.45, 2.75) is 19.4 Å². The van der Waals surface area contributed by atoms with Crippen molar-refractivity contribution in [1.82, 2.24) is 24.8 Å². The fourth-order valence-corrected chi connectivity index (χ4v) is 3.66. The van der Waals surface area contributed by atoms with Crippen molar-refractivity contribution >= 4 is 40.5 Å². The van der Waals surface area contributed by atoms with Crippen LogP contribution >= 0.6 is 0 Å². The molecule has 166 valence electrons. The highest BCUT2D eigenvalue weighted by atomic mass is 16.5. The van der Waals surface area contributed by atoms with Crippen LogP contribution in [-0.2, 0) is 16.1 Å². The number of benzene rings is 1. The number of nitrogens with two attached hydrogens (primary N) is 2. The lowest BCUT2D eigenvalue weighted by atomic mass is 9.96. The molecule has 11 heteroatoms. The van der Waals surface area contributed by atoms with E-state index in [4.69, 9.17) is 16.2 Å². The van der Waals surface area contributed by atoms with Crippen LogP contribution in [0, 0.1) is 5.92 Å². The summed E-state index contributed by atoms with van der Waals surface area (Å²) in [5.74, 6) is -0.149.